The number of amides is 1. The van der Waals surface area contributed by atoms with E-state index in [2.05, 4.69) is 20.5 Å². The molecular formula is C21H21N7O. The van der Waals surface area contributed by atoms with Crippen LogP contribution in [0.4, 0.5) is 11.6 Å². The van der Waals surface area contributed by atoms with Crippen molar-refractivity contribution in [2.24, 2.45) is 0 Å². The second-order valence-corrected chi connectivity index (χ2v) is 7.14. The lowest BCUT2D eigenvalue weighted by molar-refractivity contribution is 0.102. The van der Waals surface area contributed by atoms with Crippen molar-refractivity contribution in [3.05, 3.63) is 48.0 Å². The first-order chi connectivity index (χ1) is 14.2. The smallest absolute Gasteiger partial charge is 0.256 e. The fourth-order valence-corrected chi connectivity index (χ4v) is 3.75. The van der Waals surface area contributed by atoms with Gasteiger partial charge in [0, 0.05) is 25.2 Å². The van der Waals surface area contributed by atoms with Crippen molar-refractivity contribution >= 4 is 39.6 Å². The van der Waals surface area contributed by atoms with Gasteiger partial charge in [0.1, 0.15) is 5.52 Å². The van der Waals surface area contributed by atoms with E-state index in [4.69, 9.17) is 9.97 Å². The zero-order chi connectivity index (χ0) is 19.8. The Morgan fingerprint density at radius 2 is 1.79 bits per heavy atom. The summed E-state index contributed by atoms with van der Waals surface area (Å²) in [6, 6.07) is 13.1. The van der Waals surface area contributed by atoms with Crippen LogP contribution in [0.25, 0.3) is 22.1 Å². The van der Waals surface area contributed by atoms with E-state index in [1.807, 2.05) is 37.3 Å². The highest BCUT2D eigenvalue weighted by Crippen LogP contribution is 2.28. The number of hydrogen-bond donors (Lipinski definition) is 1. The van der Waals surface area contributed by atoms with Crippen LogP contribution in [-0.2, 0) is 6.54 Å². The Morgan fingerprint density at radius 1 is 1.03 bits per heavy atom. The Hall–Kier alpha value is -3.55. The molecule has 1 aliphatic rings. The summed E-state index contributed by atoms with van der Waals surface area (Å²) < 4.78 is 1.80. The van der Waals surface area contributed by atoms with Gasteiger partial charge in [0.05, 0.1) is 16.6 Å². The normalized spacial score (nSPS) is 14.0. The highest BCUT2D eigenvalue weighted by atomic mass is 16.1. The third-order valence-electron chi connectivity index (χ3n) is 5.27. The summed E-state index contributed by atoms with van der Waals surface area (Å²) in [6.07, 6.45) is 2.23. The van der Waals surface area contributed by atoms with E-state index in [-0.39, 0.29) is 5.91 Å². The number of rotatable bonds is 4. The quantitative estimate of drug-likeness (QED) is 0.578. The molecule has 1 saturated heterocycles. The SMILES string of the molecule is CCn1nnc2cc(C(=O)Nc3nc4ccccc4nc3N3CCCC3)ccc21. The summed E-state index contributed by atoms with van der Waals surface area (Å²) in [4.78, 5) is 24.7. The third-order valence-corrected chi connectivity index (χ3v) is 5.27. The number of benzene rings is 2. The van der Waals surface area contributed by atoms with E-state index in [0.717, 1.165) is 54.8 Å². The van der Waals surface area contributed by atoms with Crippen LogP contribution in [0.3, 0.4) is 0 Å². The van der Waals surface area contributed by atoms with Gasteiger partial charge in [-0.25, -0.2) is 14.6 Å². The fraction of sp³-hybridized carbons (Fsp3) is 0.286. The average molecular weight is 387 g/mol. The number of carbonyl (C=O) groups excluding carboxylic acids is 1. The highest BCUT2D eigenvalue weighted by Gasteiger charge is 2.21. The first kappa shape index (κ1) is 17.5. The Morgan fingerprint density at radius 3 is 2.55 bits per heavy atom. The molecule has 0 bridgehead atoms. The van der Waals surface area contributed by atoms with Crippen molar-refractivity contribution < 1.29 is 4.79 Å². The largest absolute Gasteiger partial charge is 0.354 e. The second kappa shape index (κ2) is 7.12. The lowest BCUT2D eigenvalue weighted by atomic mass is 10.2. The van der Waals surface area contributed by atoms with Gasteiger partial charge in [0.2, 0.25) is 0 Å². The molecular weight excluding hydrogens is 366 g/mol. The standard InChI is InChI=1S/C21H21N7O/c1-2-28-18-10-9-14(13-17(18)25-26-28)21(29)24-19-20(27-11-5-6-12-27)23-16-8-4-3-7-15(16)22-19/h3-4,7-10,13H,2,5-6,11-12H2,1H3,(H,22,24,29). The molecule has 0 unspecified atom stereocenters. The minimum absolute atomic E-state index is 0.233. The van der Waals surface area contributed by atoms with Crippen molar-refractivity contribution in [2.75, 3.05) is 23.3 Å². The summed E-state index contributed by atoms with van der Waals surface area (Å²) in [5.41, 5.74) is 3.70. The maximum atomic E-state index is 13.0. The Kier molecular flexibility index (Phi) is 4.31. The van der Waals surface area contributed by atoms with Crippen LogP contribution in [0.2, 0.25) is 0 Å². The van der Waals surface area contributed by atoms with E-state index < -0.39 is 0 Å². The molecule has 29 heavy (non-hydrogen) atoms. The van der Waals surface area contributed by atoms with Gasteiger partial charge in [-0.05, 0) is 50.1 Å². The molecule has 0 atom stereocenters. The molecule has 0 aliphatic carbocycles. The number of aryl methyl sites for hydroxylation is 1. The molecule has 1 fully saturated rings. The average Bonchev–Trinajstić information content (AvgIpc) is 3.42. The molecule has 2 aromatic heterocycles. The van der Waals surface area contributed by atoms with Crippen LogP contribution >= 0.6 is 0 Å². The third kappa shape index (κ3) is 3.16. The molecule has 146 valence electrons. The topological polar surface area (TPSA) is 88.8 Å². The summed E-state index contributed by atoms with van der Waals surface area (Å²) in [6.45, 7) is 4.57. The van der Waals surface area contributed by atoms with Crippen LogP contribution in [0, 0.1) is 0 Å². The number of hydrogen-bond acceptors (Lipinski definition) is 6. The van der Waals surface area contributed by atoms with Gasteiger partial charge in [0.15, 0.2) is 11.6 Å². The maximum absolute atomic E-state index is 13.0. The van der Waals surface area contributed by atoms with Gasteiger partial charge in [0.25, 0.3) is 5.91 Å². The van der Waals surface area contributed by atoms with Crippen molar-refractivity contribution in [1.29, 1.82) is 0 Å². The molecule has 1 amide bonds. The lowest BCUT2D eigenvalue weighted by Crippen LogP contribution is -2.23. The van der Waals surface area contributed by atoms with Crippen molar-refractivity contribution in [3.63, 3.8) is 0 Å². The minimum Gasteiger partial charge on any atom is -0.354 e. The number of fused-ring (bicyclic) bond motifs is 2. The molecule has 5 rings (SSSR count). The van der Waals surface area contributed by atoms with Crippen molar-refractivity contribution in [3.8, 4) is 0 Å². The maximum Gasteiger partial charge on any atom is 0.256 e. The predicted molar refractivity (Wildman–Crippen MR) is 112 cm³/mol. The number of anilines is 2. The Labute approximate surface area is 167 Å². The van der Waals surface area contributed by atoms with Gasteiger partial charge < -0.3 is 10.2 Å². The van der Waals surface area contributed by atoms with Gasteiger partial charge in [-0.1, -0.05) is 17.3 Å². The molecule has 1 aliphatic heterocycles. The molecule has 8 nitrogen and oxygen atoms in total. The highest BCUT2D eigenvalue weighted by molar-refractivity contribution is 6.07. The van der Waals surface area contributed by atoms with E-state index in [1.165, 1.54) is 0 Å². The molecule has 0 radical (unpaired) electrons. The molecule has 3 heterocycles. The van der Waals surface area contributed by atoms with Crippen LogP contribution in [0.5, 0.6) is 0 Å². The molecule has 0 saturated carbocycles. The van der Waals surface area contributed by atoms with Crippen LogP contribution < -0.4 is 10.2 Å². The number of aromatic nitrogens is 5. The molecule has 4 aromatic rings. The monoisotopic (exact) mass is 387 g/mol. The minimum atomic E-state index is -0.233. The Bertz CT molecular complexity index is 1210. The van der Waals surface area contributed by atoms with Crippen LogP contribution in [0.15, 0.2) is 42.5 Å². The fourth-order valence-electron chi connectivity index (χ4n) is 3.75. The predicted octanol–water partition coefficient (Wildman–Crippen LogP) is 3.25. The summed E-state index contributed by atoms with van der Waals surface area (Å²) in [7, 11) is 0. The van der Waals surface area contributed by atoms with Crippen LogP contribution in [0.1, 0.15) is 30.1 Å². The second-order valence-electron chi connectivity index (χ2n) is 7.14. The Balaban J connectivity index is 1.51. The summed E-state index contributed by atoms with van der Waals surface area (Å²) in [5, 5.41) is 11.2. The van der Waals surface area contributed by atoms with E-state index in [9.17, 15) is 4.79 Å². The lowest BCUT2D eigenvalue weighted by Gasteiger charge is -2.20. The van der Waals surface area contributed by atoms with E-state index >= 15 is 0 Å². The number of nitrogens with one attached hydrogen (secondary N) is 1. The molecule has 2 aromatic carbocycles. The van der Waals surface area contributed by atoms with Gasteiger partial charge in [-0.15, -0.1) is 5.10 Å². The van der Waals surface area contributed by atoms with Gasteiger partial charge in [-0.2, -0.15) is 0 Å². The molecule has 8 heteroatoms. The van der Waals surface area contributed by atoms with Gasteiger partial charge in [-0.3, -0.25) is 4.79 Å². The number of carbonyl (C=O) groups is 1. The summed E-state index contributed by atoms with van der Waals surface area (Å²) >= 11 is 0. The molecule has 1 N–H and O–H groups in total. The zero-order valence-corrected chi connectivity index (χ0v) is 16.2. The van der Waals surface area contributed by atoms with E-state index in [1.54, 1.807) is 16.8 Å². The first-order valence-corrected chi connectivity index (χ1v) is 9.89. The number of nitrogens with zero attached hydrogens (tertiary/aromatic N) is 6. The molecule has 0 spiro atoms. The van der Waals surface area contributed by atoms with Crippen molar-refractivity contribution in [2.45, 2.75) is 26.3 Å². The first-order valence-electron chi connectivity index (χ1n) is 9.89. The number of para-hydroxylation sites is 2. The van der Waals surface area contributed by atoms with Crippen LogP contribution in [-0.4, -0.2) is 44.0 Å². The summed E-state index contributed by atoms with van der Waals surface area (Å²) in [5.74, 6) is 0.989. The van der Waals surface area contributed by atoms with Gasteiger partial charge >= 0.3 is 0 Å². The van der Waals surface area contributed by atoms with Crippen molar-refractivity contribution in [1.82, 2.24) is 25.0 Å². The zero-order valence-electron chi connectivity index (χ0n) is 16.2. The van der Waals surface area contributed by atoms with E-state index in [0.29, 0.717) is 16.9 Å².